The van der Waals surface area contributed by atoms with Crippen LogP contribution in [0.2, 0.25) is 0 Å². The summed E-state index contributed by atoms with van der Waals surface area (Å²) in [6.45, 7) is 5.05. The number of nitrogens with one attached hydrogen (secondary N) is 2. The van der Waals surface area contributed by atoms with E-state index in [1.54, 1.807) is 23.9 Å². The molecule has 0 radical (unpaired) electrons. The summed E-state index contributed by atoms with van der Waals surface area (Å²) < 4.78 is 16.4. The number of benzene rings is 1. The number of piperazine rings is 1. The fourth-order valence-corrected chi connectivity index (χ4v) is 4.59. The first-order valence-corrected chi connectivity index (χ1v) is 11.7. The highest BCUT2D eigenvalue weighted by Gasteiger charge is 2.22. The van der Waals surface area contributed by atoms with E-state index in [9.17, 15) is 14.0 Å². The SMILES string of the molecule is CNC(=O)c1ccc(N2CCN(Cc3cc(-c4ccnn4C)c4nc(C)c(=O)[nH]c4c3)CC2)c(F)n1. The standard InChI is InChI=1S/C25H27FN8O2/c1-15-24(35)31-19-13-16(12-17(22(19)29-15)20-6-7-28-32(20)3)14-33-8-10-34(11-9-33)21-5-4-18(25(36)27-2)30-23(21)26/h4-7,12-13H,8-11,14H2,1-3H3,(H,27,36)(H,31,35). The zero-order valence-electron chi connectivity index (χ0n) is 20.4. The van der Waals surface area contributed by atoms with E-state index in [2.05, 4.69) is 36.3 Å². The number of pyridine rings is 1. The second-order valence-corrected chi connectivity index (χ2v) is 8.88. The molecule has 1 amide bonds. The highest BCUT2D eigenvalue weighted by molar-refractivity contribution is 5.92. The number of aryl methyl sites for hydroxylation is 2. The maximum Gasteiger partial charge on any atom is 0.269 e. The molecule has 0 bridgehead atoms. The summed E-state index contributed by atoms with van der Waals surface area (Å²) in [6.07, 6.45) is 1.74. The number of hydrogen-bond donors (Lipinski definition) is 2. The first kappa shape index (κ1) is 23.6. The van der Waals surface area contributed by atoms with E-state index in [0.29, 0.717) is 36.5 Å². The molecular formula is C25H27FN8O2. The maximum absolute atomic E-state index is 14.6. The van der Waals surface area contributed by atoms with Crippen LogP contribution in [-0.4, -0.2) is 68.8 Å². The zero-order chi connectivity index (χ0) is 25.4. The molecule has 4 heterocycles. The second kappa shape index (κ2) is 9.50. The van der Waals surface area contributed by atoms with Crippen LogP contribution in [0.1, 0.15) is 21.7 Å². The Bertz CT molecular complexity index is 1500. The number of aromatic amines is 1. The molecule has 1 saturated heterocycles. The van der Waals surface area contributed by atoms with E-state index in [-0.39, 0.29) is 11.3 Å². The molecule has 0 saturated carbocycles. The Morgan fingerprint density at radius 1 is 1.14 bits per heavy atom. The third kappa shape index (κ3) is 4.44. The third-order valence-electron chi connectivity index (χ3n) is 6.53. The summed E-state index contributed by atoms with van der Waals surface area (Å²) >= 11 is 0. The van der Waals surface area contributed by atoms with Gasteiger partial charge in [-0.25, -0.2) is 9.97 Å². The van der Waals surface area contributed by atoms with Gasteiger partial charge in [0.15, 0.2) is 0 Å². The van der Waals surface area contributed by atoms with Gasteiger partial charge in [0, 0.05) is 58.6 Å². The lowest BCUT2D eigenvalue weighted by atomic mass is 10.0. The first-order valence-electron chi connectivity index (χ1n) is 11.7. The summed E-state index contributed by atoms with van der Waals surface area (Å²) in [5.41, 5.74) is 4.93. The monoisotopic (exact) mass is 490 g/mol. The Balaban J connectivity index is 1.36. The molecule has 1 aliphatic heterocycles. The molecule has 0 atom stereocenters. The van der Waals surface area contributed by atoms with Gasteiger partial charge < -0.3 is 15.2 Å². The number of amides is 1. The van der Waals surface area contributed by atoms with Gasteiger partial charge in [0.05, 0.1) is 22.4 Å². The van der Waals surface area contributed by atoms with Crippen LogP contribution >= 0.6 is 0 Å². The minimum Gasteiger partial charge on any atom is -0.365 e. The topological polar surface area (TPSA) is 112 Å². The van der Waals surface area contributed by atoms with E-state index in [0.717, 1.165) is 35.4 Å². The summed E-state index contributed by atoms with van der Waals surface area (Å²) in [6, 6.07) is 9.14. The second-order valence-electron chi connectivity index (χ2n) is 8.88. The fourth-order valence-electron chi connectivity index (χ4n) is 4.59. The van der Waals surface area contributed by atoms with Gasteiger partial charge in [-0.1, -0.05) is 0 Å². The molecule has 0 spiro atoms. The molecule has 5 rings (SSSR count). The average Bonchev–Trinajstić information content (AvgIpc) is 3.30. The lowest BCUT2D eigenvalue weighted by Crippen LogP contribution is -2.46. The minimum atomic E-state index is -0.647. The van der Waals surface area contributed by atoms with Crippen molar-refractivity contribution in [2.45, 2.75) is 13.5 Å². The fraction of sp³-hybridized carbons (Fsp3) is 0.320. The maximum atomic E-state index is 14.6. The summed E-state index contributed by atoms with van der Waals surface area (Å²) in [4.78, 5) is 39.5. The lowest BCUT2D eigenvalue weighted by Gasteiger charge is -2.36. The molecule has 10 nitrogen and oxygen atoms in total. The smallest absolute Gasteiger partial charge is 0.269 e. The van der Waals surface area contributed by atoms with Crippen molar-refractivity contribution < 1.29 is 9.18 Å². The number of aromatic nitrogens is 5. The molecule has 1 aromatic carbocycles. The van der Waals surface area contributed by atoms with Crippen molar-refractivity contribution in [1.29, 1.82) is 0 Å². The normalized spacial score (nSPS) is 14.4. The number of anilines is 1. The molecule has 0 aliphatic carbocycles. The third-order valence-corrected chi connectivity index (χ3v) is 6.53. The van der Waals surface area contributed by atoms with Crippen LogP contribution in [0.5, 0.6) is 0 Å². The van der Waals surface area contributed by atoms with E-state index < -0.39 is 11.9 Å². The minimum absolute atomic E-state index is 0.0561. The number of rotatable bonds is 5. The van der Waals surface area contributed by atoms with Gasteiger partial charge in [-0.3, -0.25) is 19.2 Å². The van der Waals surface area contributed by atoms with Gasteiger partial charge in [-0.15, -0.1) is 0 Å². The molecular weight excluding hydrogens is 463 g/mol. The van der Waals surface area contributed by atoms with Gasteiger partial charge in [-0.05, 0) is 42.8 Å². The molecule has 36 heavy (non-hydrogen) atoms. The number of halogens is 1. The largest absolute Gasteiger partial charge is 0.365 e. The molecule has 3 aromatic heterocycles. The van der Waals surface area contributed by atoms with Crippen LogP contribution in [-0.2, 0) is 13.6 Å². The van der Waals surface area contributed by atoms with Crippen LogP contribution in [0.25, 0.3) is 22.3 Å². The lowest BCUT2D eigenvalue weighted by molar-refractivity contribution is 0.0957. The number of carbonyl (C=O) groups excluding carboxylic acids is 1. The number of nitrogens with zero attached hydrogens (tertiary/aromatic N) is 6. The van der Waals surface area contributed by atoms with Gasteiger partial charge in [0.25, 0.3) is 11.5 Å². The van der Waals surface area contributed by atoms with Crippen LogP contribution < -0.4 is 15.8 Å². The van der Waals surface area contributed by atoms with Crippen LogP contribution in [0, 0.1) is 12.9 Å². The Morgan fingerprint density at radius 2 is 1.92 bits per heavy atom. The van der Waals surface area contributed by atoms with E-state index in [4.69, 9.17) is 0 Å². The van der Waals surface area contributed by atoms with Crippen molar-refractivity contribution >= 4 is 22.6 Å². The predicted molar refractivity (Wildman–Crippen MR) is 134 cm³/mol. The van der Waals surface area contributed by atoms with Crippen LogP contribution in [0.4, 0.5) is 10.1 Å². The molecule has 2 N–H and O–H groups in total. The molecule has 186 valence electrons. The molecule has 1 fully saturated rings. The Kier molecular flexibility index (Phi) is 6.23. The quantitative estimate of drug-likeness (QED) is 0.411. The van der Waals surface area contributed by atoms with Gasteiger partial charge in [-0.2, -0.15) is 9.49 Å². The number of carbonyl (C=O) groups is 1. The van der Waals surface area contributed by atoms with Gasteiger partial charge >= 0.3 is 0 Å². The zero-order valence-corrected chi connectivity index (χ0v) is 20.4. The highest BCUT2D eigenvalue weighted by Crippen LogP contribution is 2.28. The summed E-state index contributed by atoms with van der Waals surface area (Å²) in [5.74, 6) is -1.07. The van der Waals surface area contributed by atoms with Crippen molar-refractivity contribution in [2.75, 3.05) is 38.1 Å². The Morgan fingerprint density at radius 3 is 2.58 bits per heavy atom. The van der Waals surface area contributed by atoms with Gasteiger partial charge in [0.1, 0.15) is 11.4 Å². The first-order chi connectivity index (χ1) is 17.3. The number of H-pyrrole nitrogens is 1. The van der Waals surface area contributed by atoms with Gasteiger partial charge in [0.2, 0.25) is 5.95 Å². The number of fused-ring (bicyclic) bond motifs is 1. The van der Waals surface area contributed by atoms with Crippen LogP contribution in [0.15, 0.2) is 41.3 Å². The van der Waals surface area contributed by atoms with Crippen molar-refractivity contribution in [2.24, 2.45) is 7.05 Å². The molecule has 4 aromatic rings. The summed E-state index contributed by atoms with van der Waals surface area (Å²) in [5, 5.41) is 6.74. The highest BCUT2D eigenvalue weighted by atomic mass is 19.1. The predicted octanol–water partition coefficient (Wildman–Crippen LogP) is 1.85. The van der Waals surface area contributed by atoms with Crippen molar-refractivity contribution in [3.8, 4) is 11.3 Å². The van der Waals surface area contributed by atoms with Crippen molar-refractivity contribution in [1.82, 2.24) is 34.9 Å². The molecule has 0 unspecified atom stereocenters. The Labute approximate surface area is 206 Å². The van der Waals surface area contributed by atoms with E-state index >= 15 is 0 Å². The summed E-state index contributed by atoms with van der Waals surface area (Å²) in [7, 11) is 3.36. The van der Waals surface area contributed by atoms with E-state index in [1.807, 2.05) is 24.1 Å². The number of hydrogen-bond acceptors (Lipinski definition) is 7. The van der Waals surface area contributed by atoms with E-state index in [1.165, 1.54) is 13.1 Å². The van der Waals surface area contributed by atoms with Crippen molar-refractivity contribution in [3.05, 3.63) is 69.8 Å². The van der Waals surface area contributed by atoms with Crippen LogP contribution in [0.3, 0.4) is 0 Å². The molecule has 11 heteroatoms. The van der Waals surface area contributed by atoms with Crippen molar-refractivity contribution in [3.63, 3.8) is 0 Å². The molecule has 1 aliphatic rings. The average molecular weight is 491 g/mol. The Hall–Kier alpha value is -4.12.